The quantitative estimate of drug-likeness (QED) is 0.693. The van der Waals surface area contributed by atoms with Crippen LogP contribution in [-0.4, -0.2) is 24.4 Å². The van der Waals surface area contributed by atoms with Crippen LogP contribution in [0.2, 0.25) is 0 Å². The van der Waals surface area contributed by atoms with E-state index < -0.39 is 0 Å². The molecule has 3 N–H and O–H groups in total. The molecule has 0 radical (unpaired) electrons. The number of hydrogen-bond acceptors (Lipinski definition) is 4. The highest BCUT2D eigenvalue weighted by molar-refractivity contribution is 6.00. The van der Waals surface area contributed by atoms with Gasteiger partial charge in [0.25, 0.3) is 0 Å². The lowest BCUT2D eigenvalue weighted by atomic mass is 10.1. The van der Waals surface area contributed by atoms with Gasteiger partial charge in [-0.05, 0) is 25.6 Å². The number of rotatable bonds is 4. The Morgan fingerprint density at radius 1 is 1.64 bits per heavy atom. The Morgan fingerprint density at radius 2 is 2.36 bits per heavy atom. The standard InChI is InChI=1S/C10H15N3O/c1-7-5-8(10(11)13-6-7)9(14)3-4-12-2/h5-6,12H,3-4H2,1-2H3,(H2,11,13). The first-order chi connectivity index (χ1) is 6.65. The number of nitrogens with one attached hydrogen (secondary N) is 1. The first-order valence-electron chi connectivity index (χ1n) is 4.55. The lowest BCUT2D eigenvalue weighted by Crippen LogP contribution is -2.14. The van der Waals surface area contributed by atoms with E-state index in [9.17, 15) is 4.79 Å². The van der Waals surface area contributed by atoms with Gasteiger partial charge in [-0.15, -0.1) is 0 Å². The fraction of sp³-hybridized carbons (Fsp3) is 0.400. The van der Waals surface area contributed by atoms with Gasteiger partial charge in [0.1, 0.15) is 5.82 Å². The SMILES string of the molecule is CNCCC(=O)c1cc(C)cnc1N. The molecule has 0 saturated carbocycles. The van der Waals surface area contributed by atoms with Crippen LogP contribution >= 0.6 is 0 Å². The summed E-state index contributed by atoms with van der Waals surface area (Å²) in [6.45, 7) is 2.55. The second-order valence-corrected chi connectivity index (χ2v) is 3.22. The van der Waals surface area contributed by atoms with E-state index >= 15 is 0 Å². The van der Waals surface area contributed by atoms with Crippen molar-refractivity contribution in [3.63, 3.8) is 0 Å². The van der Waals surface area contributed by atoms with E-state index in [1.807, 2.05) is 14.0 Å². The molecule has 0 aliphatic carbocycles. The van der Waals surface area contributed by atoms with Crippen molar-refractivity contribution in [1.82, 2.24) is 10.3 Å². The highest BCUT2D eigenvalue weighted by Crippen LogP contribution is 2.12. The third-order valence-electron chi connectivity index (χ3n) is 1.96. The topological polar surface area (TPSA) is 68.0 Å². The fourth-order valence-corrected chi connectivity index (χ4v) is 1.18. The second-order valence-electron chi connectivity index (χ2n) is 3.22. The van der Waals surface area contributed by atoms with Crippen molar-refractivity contribution in [2.75, 3.05) is 19.3 Å². The van der Waals surface area contributed by atoms with E-state index in [1.54, 1.807) is 12.3 Å². The average Bonchev–Trinajstić information content (AvgIpc) is 2.18. The minimum Gasteiger partial charge on any atom is -0.383 e. The summed E-state index contributed by atoms with van der Waals surface area (Å²) < 4.78 is 0. The number of Topliss-reactive ketones (excluding diaryl/α,β-unsaturated/α-hetero) is 1. The molecule has 0 amide bonds. The van der Waals surface area contributed by atoms with Crippen LogP contribution in [0.15, 0.2) is 12.3 Å². The van der Waals surface area contributed by atoms with E-state index in [0.717, 1.165) is 5.56 Å². The van der Waals surface area contributed by atoms with Gasteiger partial charge < -0.3 is 11.1 Å². The molecule has 0 spiro atoms. The molecule has 4 heteroatoms. The first-order valence-corrected chi connectivity index (χ1v) is 4.55. The van der Waals surface area contributed by atoms with Crippen LogP contribution in [0.4, 0.5) is 5.82 Å². The van der Waals surface area contributed by atoms with Crippen LogP contribution in [0.25, 0.3) is 0 Å². The average molecular weight is 193 g/mol. The molecule has 0 fully saturated rings. The van der Waals surface area contributed by atoms with Crippen LogP contribution in [-0.2, 0) is 0 Å². The van der Waals surface area contributed by atoms with Gasteiger partial charge in [0.2, 0.25) is 0 Å². The molecule has 1 aromatic heterocycles. The van der Waals surface area contributed by atoms with Gasteiger partial charge in [-0.3, -0.25) is 4.79 Å². The van der Waals surface area contributed by atoms with E-state index in [0.29, 0.717) is 24.3 Å². The van der Waals surface area contributed by atoms with Crippen LogP contribution in [0, 0.1) is 6.92 Å². The largest absolute Gasteiger partial charge is 0.383 e. The molecule has 0 aliphatic rings. The third kappa shape index (κ3) is 2.53. The van der Waals surface area contributed by atoms with Gasteiger partial charge >= 0.3 is 0 Å². The number of aromatic nitrogens is 1. The minimum absolute atomic E-state index is 0.0352. The van der Waals surface area contributed by atoms with Gasteiger partial charge in [0.15, 0.2) is 5.78 Å². The third-order valence-corrected chi connectivity index (χ3v) is 1.96. The maximum Gasteiger partial charge on any atom is 0.167 e. The molecule has 0 unspecified atom stereocenters. The van der Waals surface area contributed by atoms with E-state index in [4.69, 9.17) is 5.73 Å². The number of nitrogen functional groups attached to an aromatic ring is 1. The Hall–Kier alpha value is -1.42. The normalized spacial score (nSPS) is 10.1. The van der Waals surface area contributed by atoms with Gasteiger partial charge in [-0.1, -0.05) is 0 Å². The number of hydrogen-bond donors (Lipinski definition) is 2. The Labute approximate surface area is 83.5 Å². The van der Waals surface area contributed by atoms with Crippen LogP contribution in [0.3, 0.4) is 0 Å². The smallest absolute Gasteiger partial charge is 0.167 e. The maximum atomic E-state index is 11.6. The van der Waals surface area contributed by atoms with Crippen LogP contribution in [0.5, 0.6) is 0 Å². The molecule has 14 heavy (non-hydrogen) atoms. The number of aryl methyl sites for hydroxylation is 1. The lowest BCUT2D eigenvalue weighted by Gasteiger charge is -2.04. The highest BCUT2D eigenvalue weighted by Gasteiger charge is 2.09. The summed E-state index contributed by atoms with van der Waals surface area (Å²) in [4.78, 5) is 15.6. The Morgan fingerprint density at radius 3 is 3.00 bits per heavy atom. The molecule has 4 nitrogen and oxygen atoms in total. The van der Waals surface area contributed by atoms with E-state index in [-0.39, 0.29) is 5.78 Å². The molecule has 1 aromatic rings. The molecule has 1 heterocycles. The van der Waals surface area contributed by atoms with Crippen molar-refractivity contribution < 1.29 is 4.79 Å². The number of ketones is 1. The zero-order valence-corrected chi connectivity index (χ0v) is 8.50. The number of anilines is 1. The molecular weight excluding hydrogens is 178 g/mol. The minimum atomic E-state index is 0.0352. The van der Waals surface area contributed by atoms with Gasteiger partial charge in [-0.25, -0.2) is 4.98 Å². The monoisotopic (exact) mass is 193 g/mol. The van der Waals surface area contributed by atoms with Crippen molar-refractivity contribution in [1.29, 1.82) is 0 Å². The maximum absolute atomic E-state index is 11.6. The van der Waals surface area contributed by atoms with Crippen molar-refractivity contribution in [2.24, 2.45) is 0 Å². The summed E-state index contributed by atoms with van der Waals surface area (Å²) in [7, 11) is 1.81. The van der Waals surface area contributed by atoms with Gasteiger partial charge in [-0.2, -0.15) is 0 Å². The number of carbonyl (C=O) groups is 1. The molecular formula is C10H15N3O. The predicted molar refractivity (Wildman–Crippen MR) is 56.3 cm³/mol. The Bertz CT molecular complexity index is 336. The molecule has 76 valence electrons. The molecule has 0 aliphatic heterocycles. The predicted octanol–water partition coefficient (Wildman–Crippen LogP) is 0.764. The molecule has 0 aromatic carbocycles. The van der Waals surface area contributed by atoms with Crippen molar-refractivity contribution in [3.05, 3.63) is 23.4 Å². The van der Waals surface area contributed by atoms with Crippen molar-refractivity contribution in [3.8, 4) is 0 Å². The van der Waals surface area contributed by atoms with Crippen molar-refractivity contribution in [2.45, 2.75) is 13.3 Å². The molecule has 0 bridgehead atoms. The molecule has 1 rings (SSSR count). The lowest BCUT2D eigenvalue weighted by molar-refractivity contribution is 0.0983. The summed E-state index contributed by atoms with van der Waals surface area (Å²) in [6, 6.07) is 1.78. The van der Waals surface area contributed by atoms with Crippen LogP contribution < -0.4 is 11.1 Å². The van der Waals surface area contributed by atoms with Crippen LogP contribution in [0.1, 0.15) is 22.3 Å². The van der Waals surface area contributed by atoms with E-state index in [1.165, 1.54) is 0 Å². The van der Waals surface area contributed by atoms with Gasteiger partial charge in [0, 0.05) is 19.2 Å². The molecule has 0 saturated heterocycles. The zero-order valence-electron chi connectivity index (χ0n) is 8.50. The summed E-state index contributed by atoms with van der Waals surface area (Å²) in [5.41, 5.74) is 7.09. The number of pyridine rings is 1. The summed E-state index contributed by atoms with van der Waals surface area (Å²) >= 11 is 0. The number of nitrogens with two attached hydrogens (primary N) is 1. The fourth-order valence-electron chi connectivity index (χ4n) is 1.18. The number of nitrogens with zero attached hydrogens (tertiary/aromatic N) is 1. The van der Waals surface area contributed by atoms with Crippen molar-refractivity contribution >= 4 is 11.6 Å². The second kappa shape index (κ2) is 4.72. The highest BCUT2D eigenvalue weighted by atomic mass is 16.1. The van der Waals surface area contributed by atoms with E-state index in [2.05, 4.69) is 10.3 Å². The Kier molecular flexibility index (Phi) is 3.59. The summed E-state index contributed by atoms with van der Waals surface area (Å²) in [5.74, 6) is 0.352. The number of carbonyl (C=O) groups excluding carboxylic acids is 1. The summed E-state index contributed by atoms with van der Waals surface area (Å²) in [6.07, 6.45) is 2.11. The molecule has 0 atom stereocenters. The first kappa shape index (κ1) is 10.7. The summed E-state index contributed by atoms with van der Waals surface area (Å²) in [5, 5.41) is 2.92. The van der Waals surface area contributed by atoms with Gasteiger partial charge in [0.05, 0.1) is 5.56 Å². The Balaban J connectivity index is 2.83. The zero-order chi connectivity index (χ0) is 10.6.